The number of amides is 1. The van der Waals surface area contributed by atoms with Gasteiger partial charge in [-0.05, 0) is 48.9 Å². The molecule has 0 saturated heterocycles. The fourth-order valence-electron chi connectivity index (χ4n) is 3.28. The molecule has 180 valence electrons. The second kappa shape index (κ2) is 12.7. The molecule has 0 saturated carbocycles. The van der Waals surface area contributed by atoms with Gasteiger partial charge < -0.3 is 24.1 Å². The molecule has 0 fully saturated rings. The molecule has 1 atom stereocenters. The van der Waals surface area contributed by atoms with Crippen LogP contribution >= 0.6 is 11.8 Å². The molecule has 1 N–H and O–H groups in total. The number of rotatable bonds is 13. The average molecular weight is 483 g/mol. The van der Waals surface area contributed by atoms with Crippen molar-refractivity contribution >= 4 is 17.7 Å². The lowest BCUT2D eigenvalue weighted by atomic mass is 10.1. The highest BCUT2D eigenvalue weighted by molar-refractivity contribution is 7.99. The average Bonchev–Trinajstić information content (AvgIpc) is 3.25. The molecule has 8 nitrogen and oxygen atoms in total. The van der Waals surface area contributed by atoms with Gasteiger partial charge in [0.1, 0.15) is 17.2 Å². The molecular weight excluding hydrogens is 452 g/mol. The second-order valence-electron chi connectivity index (χ2n) is 7.43. The van der Waals surface area contributed by atoms with Crippen LogP contribution in [0.4, 0.5) is 0 Å². The van der Waals surface area contributed by atoms with E-state index in [1.807, 2.05) is 60.0 Å². The molecule has 0 bridgehead atoms. The summed E-state index contributed by atoms with van der Waals surface area (Å²) in [5.74, 6) is 3.61. The Balaban J connectivity index is 1.54. The third kappa shape index (κ3) is 7.02. The Morgan fingerprint density at radius 2 is 1.68 bits per heavy atom. The van der Waals surface area contributed by atoms with Gasteiger partial charge in [0.15, 0.2) is 11.0 Å². The van der Waals surface area contributed by atoms with E-state index in [4.69, 9.17) is 14.2 Å². The fourth-order valence-corrected chi connectivity index (χ4v) is 4.05. The number of benzene rings is 2. The van der Waals surface area contributed by atoms with Gasteiger partial charge in [0, 0.05) is 12.3 Å². The third-order valence-corrected chi connectivity index (χ3v) is 5.92. The quantitative estimate of drug-likeness (QED) is 0.223. The molecule has 1 amide bonds. The van der Waals surface area contributed by atoms with Crippen LogP contribution in [-0.4, -0.2) is 47.3 Å². The zero-order valence-electron chi connectivity index (χ0n) is 19.7. The predicted molar refractivity (Wildman–Crippen MR) is 133 cm³/mol. The maximum absolute atomic E-state index is 12.6. The van der Waals surface area contributed by atoms with Gasteiger partial charge >= 0.3 is 0 Å². The Bertz CT molecular complexity index is 1070. The number of methoxy groups -OCH3 is 2. The first-order valence-electron chi connectivity index (χ1n) is 10.9. The maximum atomic E-state index is 12.6. The summed E-state index contributed by atoms with van der Waals surface area (Å²) in [6, 6.07) is 14.6. The van der Waals surface area contributed by atoms with Crippen LogP contribution in [0, 0.1) is 0 Å². The Morgan fingerprint density at radius 1 is 1.06 bits per heavy atom. The Hall–Kier alpha value is -3.46. The van der Waals surface area contributed by atoms with Crippen LogP contribution in [0.3, 0.4) is 0 Å². The lowest BCUT2D eigenvalue weighted by Crippen LogP contribution is -2.30. The summed E-state index contributed by atoms with van der Waals surface area (Å²) in [6.45, 7) is 6.80. The van der Waals surface area contributed by atoms with Crippen molar-refractivity contribution in [3.8, 4) is 17.2 Å². The van der Waals surface area contributed by atoms with Crippen LogP contribution in [0.15, 0.2) is 66.3 Å². The number of thioether (sulfide) groups is 1. The van der Waals surface area contributed by atoms with E-state index in [2.05, 4.69) is 22.1 Å². The summed E-state index contributed by atoms with van der Waals surface area (Å²) in [5, 5.41) is 12.4. The molecule has 2 aromatic carbocycles. The molecule has 0 aliphatic rings. The van der Waals surface area contributed by atoms with Crippen molar-refractivity contribution in [1.29, 1.82) is 0 Å². The first kappa shape index (κ1) is 25.2. The van der Waals surface area contributed by atoms with E-state index in [1.54, 1.807) is 32.1 Å². The molecular formula is C25H30N4O4S. The highest BCUT2D eigenvalue weighted by Gasteiger charge is 2.19. The Kier molecular flexibility index (Phi) is 9.40. The van der Waals surface area contributed by atoms with Gasteiger partial charge in [0.25, 0.3) is 0 Å². The lowest BCUT2D eigenvalue weighted by molar-refractivity contribution is -0.121. The molecule has 34 heavy (non-hydrogen) atoms. The first-order chi connectivity index (χ1) is 16.5. The van der Waals surface area contributed by atoms with Gasteiger partial charge in [0.05, 0.1) is 33.3 Å². The van der Waals surface area contributed by atoms with Gasteiger partial charge in [-0.15, -0.1) is 16.8 Å². The summed E-state index contributed by atoms with van der Waals surface area (Å²) in [7, 11) is 3.25. The monoisotopic (exact) mass is 482 g/mol. The van der Waals surface area contributed by atoms with Crippen LogP contribution in [-0.2, 0) is 17.8 Å². The minimum absolute atomic E-state index is 0.0899. The van der Waals surface area contributed by atoms with Crippen LogP contribution in [0.2, 0.25) is 0 Å². The summed E-state index contributed by atoms with van der Waals surface area (Å²) in [5.41, 5.74) is 0.908. The molecule has 1 heterocycles. The second-order valence-corrected chi connectivity index (χ2v) is 8.49. The topological polar surface area (TPSA) is 87.5 Å². The largest absolute Gasteiger partial charge is 0.497 e. The number of nitrogens with one attached hydrogen (secondary N) is 1. The van der Waals surface area contributed by atoms with Gasteiger partial charge in [-0.3, -0.25) is 4.79 Å². The van der Waals surface area contributed by atoms with E-state index in [1.165, 1.54) is 0 Å². The van der Waals surface area contributed by atoms with E-state index in [-0.39, 0.29) is 18.4 Å². The smallest absolute Gasteiger partial charge is 0.224 e. The summed E-state index contributed by atoms with van der Waals surface area (Å²) >= 11 is 1.54. The number of hydrogen-bond donors (Lipinski definition) is 1. The zero-order valence-corrected chi connectivity index (χ0v) is 20.5. The number of carbonyl (C=O) groups excluding carboxylic acids is 1. The molecule has 0 aliphatic heterocycles. The van der Waals surface area contributed by atoms with Crippen LogP contribution < -0.4 is 19.5 Å². The number of aromatic nitrogens is 3. The van der Waals surface area contributed by atoms with Crippen LogP contribution in [0.5, 0.6) is 17.2 Å². The molecule has 1 aromatic heterocycles. The van der Waals surface area contributed by atoms with Crippen molar-refractivity contribution in [1.82, 2.24) is 20.1 Å². The number of hydrogen-bond acceptors (Lipinski definition) is 7. The van der Waals surface area contributed by atoms with Crippen molar-refractivity contribution in [3.63, 3.8) is 0 Å². The molecule has 0 spiro atoms. The van der Waals surface area contributed by atoms with Gasteiger partial charge in [-0.25, -0.2) is 0 Å². The maximum Gasteiger partial charge on any atom is 0.224 e. The zero-order chi connectivity index (χ0) is 24.3. The van der Waals surface area contributed by atoms with Crippen molar-refractivity contribution in [2.75, 3.05) is 26.6 Å². The molecule has 3 aromatic rings. The summed E-state index contributed by atoms with van der Waals surface area (Å²) in [4.78, 5) is 12.6. The third-order valence-electron chi connectivity index (χ3n) is 4.99. The van der Waals surface area contributed by atoms with Crippen molar-refractivity contribution in [2.24, 2.45) is 0 Å². The molecule has 9 heteroatoms. The van der Waals surface area contributed by atoms with Crippen molar-refractivity contribution in [2.45, 2.75) is 31.1 Å². The number of nitrogens with zero attached hydrogens (tertiary/aromatic N) is 3. The van der Waals surface area contributed by atoms with E-state index >= 15 is 0 Å². The lowest BCUT2D eigenvalue weighted by Gasteiger charge is -2.15. The van der Waals surface area contributed by atoms with Crippen molar-refractivity contribution in [3.05, 3.63) is 72.6 Å². The Labute approximate surface area is 204 Å². The van der Waals surface area contributed by atoms with Crippen LogP contribution in [0.25, 0.3) is 0 Å². The normalized spacial score (nSPS) is 11.5. The fraction of sp³-hybridized carbons (Fsp3) is 0.320. The summed E-state index contributed by atoms with van der Waals surface area (Å²) in [6.07, 6.45) is 2.06. The predicted octanol–water partition coefficient (Wildman–Crippen LogP) is 4.07. The first-order valence-corrected chi connectivity index (χ1v) is 11.9. The van der Waals surface area contributed by atoms with E-state index in [9.17, 15) is 4.79 Å². The van der Waals surface area contributed by atoms with Crippen LogP contribution in [0.1, 0.15) is 24.4 Å². The highest BCUT2D eigenvalue weighted by Crippen LogP contribution is 2.22. The van der Waals surface area contributed by atoms with E-state index < -0.39 is 0 Å². The van der Waals surface area contributed by atoms with E-state index in [0.29, 0.717) is 24.7 Å². The summed E-state index contributed by atoms with van der Waals surface area (Å²) < 4.78 is 18.1. The Morgan fingerprint density at radius 3 is 2.29 bits per heavy atom. The number of ether oxygens (including phenoxy) is 3. The minimum atomic E-state index is -0.303. The molecule has 3 rings (SSSR count). The minimum Gasteiger partial charge on any atom is -0.497 e. The van der Waals surface area contributed by atoms with Gasteiger partial charge in [-0.2, -0.15) is 0 Å². The van der Waals surface area contributed by atoms with Crippen molar-refractivity contribution < 1.29 is 19.0 Å². The SMILES string of the molecule is C=CCn1c(SCCOc2ccc(OC)cc2)nnc1[C@@H](C)NC(=O)Cc1ccc(OC)cc1. The van der Waals surface area contributed by atoms with Gasteiger partial charge in [0.2, 0.25) is 5.91 Å². The standard InChI is InChI=1S/C25H30N4O4S/c1-5-14-29-24(18(2)26-23(30)17-19-6-8-20(31-3)9-7-19)27-28-25(29)34-16-15-33-22-12-10-21(32-4)11-13-22/h5-13,18H,1,14-17H2,2-4H3,(H,26,30)/t18-/m1/s1. The highest BCUT2D eigenvalue weighted by atomic mass is 32.2. The molecule has 0 aliphatic carbocycles. The van der Waals surface area contributed by atoms with E-state index in [0.717, 1.165) is 28.0 Å². The van der Waals surface area contributed by atoms with Gasteiger partial charge in [-0.1, -0.05) is 30.0 Å². The molecule has 0 radical (unpaired) electrons. The number of allylic oxidation sites excluding steroid dienone is 1. The number of carbonyl (C=O) groups is 1. The molecule has 0 unspecified atom stereocenters.